The molecule has 4 rings (SSSR count). The maximum atomic E-state index is 14.0. The summed E-state index contributed by atoms with van der Waals surface area (Å²) in [4.78, 5) is 20.5. The highest BCUT2D eigenvalue weighted by Gasteiger charge is 2.26. The molecule has 1 aliphatic rings. The van der Waals surface area contributed by atoms with Crippen molar-refractivity contribution in [1.82, 2.24) is 14.8 Å². The molecule has 1 aliphatic heterocycles. The molecule has 0 spiro atoms. The number of amides is 1. The first-order chi connectivity index (χ1) is 14.4. The third kappa shape index (κ3) is 4.38. The van der Waals surface area contributed by atoms with E-state index >= 15 is 0 Å². The van der Waals surface area contributed by atoms with Crippen LogP contribution in [0, 0.1) is 24.4 Å². The molecule has 0 N–H and O–H groups in total. The summed E-state index contributed by atoms with van der Waals surface area (Å²) in [6.45, 7) is 3.86. The summed E-state index contributed by atoms with van der Waals surface area (Å²) >= 11 is 0. The van der Waals surface area contributed by atoms with E-state index in [1.54, 1.807) is 24.0 Å². The van der Waals surface area contributed by atoms with Gasteiger partial charge in [-0.15, -0.1) is 0 Å². The van der Waals surface area contributed by atoms with Crippen LogP contribution in [0.4, 0.5) is 13.2 Å². The van der Waals surface area contributed by atoms with Crippen LogP contribution >= 0.6 is 0 Å². The summed E-state index contributed by atoms with van der Waals surface area (Å²) in [5.41, 5.74) is 1.41. The molecule has 0 atom stereocenters. The van der Waals surface area contributed by atoms with E-state index in [-0.39, 0.29) is 29.7 Å². The van der Waals surface area contributed by atoms with Gasteiger partial charge in [0.1, 0.15) is 23.2 Å². The second kappa shape index (κ2) is 8.31. The average Bonchev–Trinajstić information content (AvgIpc) is 3.07. The van der Waals surface area contributed by atoms with Crippen molar-refractivity contribution in [3.8, 4) is 11.5 Å². The zero-order chi connectivity index (χ0) is 21.3. The number of nitrogens with zero attached hydrogens (tertiary/aromatic N) is 3. The zero-order valence-electron chi connectivity index (χ0n) is 16.4. The van der Waals surface area contributed by atoms with Gasteiger partial charge in [0.2, 0.25) is 11.8 Å². The lowest BCUT2D eigenvalue weighted by Crippen LogP contribution is -2.49. The van der Waals surface area contributed by atoms with Crippen LogP contribution in [0.1, 0.15) is 17.0 Å². The highest BCUT2D eigenvalue weighted by atomic mass is 19.1. The summed E-state index contributed by atoms with van der Waals surface area (Å²) in [5.74, 6) is -1.03. The summed E-state index contributed by atoms with van der Waals surface area (Å²) < 4.78 is 46.1. The molecule has 2 aromatic carbocycles. The molecule has 2 heterocycles. The van der Waals surface area contributed by atoms with Crippen molar-refractivity contribution in [1.29, 1.82) is 0 Å². The quantitative estimate of drug-likeness (QED) is 0.634. The Morgan fingerprint density at radius 3 is 2.47 bits per heavy atom. The minimum absolute atomic E-state index is 0.0146. The SMILES string of the molecule is Cc1oc(-c2cc(F)ccc2F)nc1CN1CCN(Cc2ccc(F)cc2)C(=O)C1. The van der Waals surface area contributed by atoms with Crippen molar-refractivity contribution in [2.24, 2.45) is 0 Å². The lowest BCUT2D eigenvalue weighted by atomic mass is 10.2. The van der Waals surface area contributed by atoms with Crippen molar-refractivity contribution in [2.45, 2.75) is 20.0 Å². The minimum Gasteiger partial charge on any atom is -0.441 e. The standard InChI is InChI=1S/C22H20F3N3O2/c1-14-20(26-22(30-14)18-10-17(24)6-7-19(18)25)12-27-8-9-28(21(29)13-27)11-15-2-4-16(23)5-3-15/h2-7,10H,8-9,11-13H2,1H3. The molecule has 1 fully saturated rings. The van der Waals surface area contributed by atoms with Gasteiger partial charge in [0.15, 0.2) is 0 Å². The summed E-state index contributed by atoms with van der Waals surface area (Å²) in [7, 11) is 0. The number of piperazine rings is 1. The van der Waals surface area contributed by atoms with E-state index in [9.17, 15) is 18.0 Å². The Hall–Kier alpha value is -3.13. The lowest BCUT2D eigenvalue weighted by Gasteiger charge is -2.34. The van der Waals surface area contributed by atoms with E-state index in [1.807, 2.05) is 4.90 Å². The third-order valence-electron chi connectivity index (χ3n) is 5.11. The van der Waals surface area contributed by atoms with E-state index in [0.717, 1.165) is 23.8 Å². The smallest absolute Gasteiger partial charge is 0.237 e. The van der Waals surface area contributed by atoms with E-state index in [4.69, 9.17) is 4.42 Å². The Morgan fingerprint density at radius 2 is 1.73 bits per heavy atom. The van der Waals surface area contributed by atoms with Gasteiger partial charge in [0, 0.05) is 26.2 Å². The van der Waals surface area contributed by atoms with Crippen LogP contribution in [-0.4, -0.2) is 40.3 Å². The van der Waals surface area contributed by atoms with Crippen LogP contribution in [0.3, 0.4) is 0 Å². The van der Waals surface area contributed by atoms with Gasteiger partial charge in [-0.25, -0.2) is 18.2 Å². The molecular weight excluding hydrogens is 395 g/mol. The molecule has 30 heavy (non-hydrogen) atoms. The maximum absolute atomic E-state index is 14.0. The highest BCUT2D eigenvalue weighted by molar-refractivity contribution is 5.79. The second-order valence-corrected chi connectivity index (χ2v) is 7.30. The van der Waals surface area contributed by atoms with Crippen molar-refractivity contribution in [3.63, 3.8) is 0 Å². The molecule has 0 aliphatic carbocycles. The molecule has 156 valence electrons. The van der Waals surface area contributed by atoms with Gasteiger partial charge < -0.3 is 9.32 Å². The molecule has 0 radical (unpaired) electrons. The number of carbonyl (C=O) groups excluding carboxylic acids is 1. The minimum atomic E-state index is -0.617. The first-order valence-corrected chi connectivity index (χ1v) is 9.55. The van der Waals surface area contributed by atoms with Gasteiger partial charge in [0.05, 0.1) is 17.8 Å². The number of oxazole rings is 1. The normalized spacial score (nSPS) is 15.1. The fourth-order valence-electron chi connectivity index (χ4n) is 3.43. The van der Waals surface area contributed by atoms with E-state index in [2.05, 4.69) is 4.98 Å². The second-order valence-electron chi connectivity index (χ2n) is 7.30. The predicted molar refractivity (Wildman–Crippen MR) is 104 cm³/mol. The van der Waals surface area contributed by atoms with Crippen LogP contribution in [0.25, 0.3) is 11.5 Å². The first kappa shape index (κ1) is 20.2. The first-order valence-electron chi connectivity index (χ1n) is 9.55. The highest BCUT2D eigenvalue weighted by Crippen LogP contribution is 2.26. The van der Waals surface area contributed by atoms with Crippen molar-refractivity contribution < 1.29 is 22.4 Å². The zero-order valence-corrected chi connectivity index (χ0v) is 16.4. The fraction of sp³-hybridized carbons (Fsp3) is 0.273. The van der Waals surface area contributed by atoms with E-state index in [0.29, 0.717) is 37.6 Å². The van der Waals surface area contributed by atoms with Crippen molar-refractivity contribution >= 4 is 5.91 Å². The van der Waals surface area contributed by atoms with Crippen LogP contribution < -0.4 is 0 Å². The third-order valence-corrected chi connectivity index (χ3v) is 5.11. The van der Waals surface area contributed by atoms with E-state index < -0.39 is 11.6 Å². The summed E-state index contributed by atoms with van der Waals surface area (Å²) in [5, 5.41) is 0. The topological polar surface area (TPSA) is 49.6 Å². The molecule has 0 unspecified atom stereocenters. The fourth-order valence-corrected chi connectivity index (χ4v) is 3.43. The largest absolute Gasteiger partial charge is 0.441 e. The van der Waals surface area contributed by atoms with Gasteiger partial charge >= 0.3 is 0 Å². The summed E-state index contributed by atoms with van der Waals surface area (Å²) in [6.07, 6.45) is 0. The van der Waals surface area contributed by atoms with Crippen LogP contribution in [-0.2, 0) is 17.9 Å². The number of halogens is 3. The number of hydrogen-bond acceptors (Lipinski definition) is 4. The molecule has 0 saturated carbocycles. The maximum Gasteiger partial charge on any atom is 0.237 e. The van der Waals surface area contributed by atoms with E-state index in [1.165, 1.54) is 12.1 Å². The monoisotopic (exact) mass is 415 g/mol. The Bertz CT molecular complexity index is 1070. The molecular formula is C22H20F3N3O2. The Morgan fingerprint density at radius 1 is 1.00 bits per heavy atom. The number of hydrogen-bond donors (Lipinski definition) is 0. The van der Waals surface area contributed by atoms with Gasteiger partial charge in [-0.3, -0.25) is 9.69 Å². The Kier molecular flexibility index (Phi) is 5.59. The van der Waals surface area contributed by atoms with Gasteiger partial charge in [-0.05, 0) is 42.8 Å². The van der Waals surface area contributed by atoms with Crippen molar-refractivity contribution in [2.75, 3.05) is 19.6 Å². The van der Waals surface area contributed by atoms with Crippen molar-refractivity contribution in [3.05, 3.63) is 76.9 Å². The average molecular weight is 415 g/mol. The number of rotatable bonds is 5. The molecule has 5 nitrogen and oxygen atoms in total. The predicted octanol–water partition coefficient (Wildman–Crippen LogP) is 3.91. The molecule has 8 heteroatoms. The number of aryl methyl sites for hydroxylation is 1. The number of carbonyl (C=O) groups is 1. The van der Waals surface area contributed by atoms with Crippen LogP contribution in [0.5, 0.6) is 0 Å². The number of aromatic nitrogens is 1. The molecule has 1 saturated heterocycles. The molecule has 1 amide bonds. The summed E-state index contributed by atoms with van der Waals surface area (Å²) in [6, 6.07) is 9.20. The van der Waals surface area contributed by atoms with Crippen LogP contribution in [0.2, 0.25) is 0 Å². The van der Waals surface area contributed by atoms with Gasteiger partial charge in [-0.1, -0.05) is 12.1 Å². The Balaban J connectivity index is 1.41. The van der Waals surface area contributed by atoms with Gasteiger partial charge in [0.25, 0.3) is 0 Å². The molecule has 3 aromatic rings. The number of benzene rings is 2. The molecule has 1 aromatic heterocycles. The Labute approximate surface area is 171 Å². The van der Waals surface area contributed by atoms with Gasteiger partial charge in [-0.2, -0.15) is 0 Å². The lowest BCUT2D eigenvalue weighted by molar-refractivity contribution is -0.136. The van der Waals surface area contributed by atoms with Crippen LogP contribution in [0.15, 0.2) is 46.9 Å². The molecule has 0 bridgehead atoms.